The molecule has 2 rings (SSSR count). The molecule has 0 unspecified atom stereocenters. The number of halogens is 1. The van der Waals surface area contributed by atoms with Crippen LogP contribution in [0, 0.1) is 12.3 Å². The van der Waals surface area contributed by atoms with Gasteiger partial charge in [0.05, 0.1) is 0 Å². The summed E-state index contributed by atoms with van der Waals surface area (Å²) >= 11 is 0. The predicted octanol–water partition coefficient (Wildman–Crippen LogP) is 3.47. The molecule has 1 aromatic heterocycles. The summed E-state index contributed by atoms with van der Waals surface area (Å²) < 4.78 is 10.7. The Balaban J connectivity index is 0.00000364. The first-order valence-electron chi connectivity index (χ1n) is 10.1. The Labute approximate surface area is 180 Å². The molecule has 27 heavy (non-hydrogen) atoms. The molecular weight excluding hydrogens is 457 g/mol. The Hall–Kier alpha value is -0.900. The number of aromatic nitrogens is 2. The van der Waals surface area contributed by atoms with E-state index in [9.17, 15) is 0 Å². The number of ether oxygens (including phenoxy) is 1. The van der Waals surface area contributed by atoms with Crippen LogP contribution >= 0.6 is 24.0 Å². The van der Waals surface area contributed by atoms with Gasteiger partial charge in [-0.25, -0.2) is 0 Å². The highest BCUT2D eigenvalue weighted by Gasteiger charge is 2.33. The number of hydrogen-bond acceptors (Lipinski definition) is 5. The predicted molar refractivity (Wildman–Crippen MR) is 119 cm³/mol. The van der Waals surface area contributed by atoms with E-state index in [0.717, 1.165) is 58.1 Å². The number of aryl methyl sites for hydroxylation is 2. The first-order valence-corrected chi connectivity index (χ1v) is 10.1. The summed E-state index contributed by atoms with van der Waals surface area (Å²) in [6, 6.07) is 0. The van der Waals surface area contributed by atoms with Crippen LogP contribution in [-0.4, -0.2) is 48.9 Å². The lowest BCUT2D eigenvalue weighted by Gasteiger charge is -2.27. The number of guanidine groups is 1. The minimum atomic E-state index is 0. The van der Waals surface area contributed by atoms with Gasteiger partial charge < -0.3 is 19.9 Å². The molecule has 1 aliphatic rings. The molecule has 2 N–H and O–H groups in total. The third kappa shape index (κ3) is 8.76. The number of hydrogen-bond donors (Lipinski definition) is 2. The summed E-state index contributed by atoms with van der Waals surface area (Å²) in [4.78, 5) is 9.12. The van der Waals surface area contributed by atoms with Crippen molar-refractivity contribution in [2.24, 2.45) is 10.4 Å². The third-order valence-corrected chi connectivity index (χ3v) is 4.99. The number of nitrogens with one attached hydrogen (secondary N) is 2. The maximum absolute atomic E-state index is 5.60. The Morgan fingerprint density at radius 3 is 2.67 bits per heavy atom. The molecule has 1 fully saturated rings. The molecule has 0 aromatic carbocycles. The van der Waals surface area contributed by atoms with E-state index in [1.165, 1.54) is 25.7 Å². The normalized spacial score (nSPS) is 16.2. The van der Waals surface area contributed by atoms with E-state index in [1.54, 1.807) is 0 Å². The minimum absolute atomic E-state index is 0. The molecule has 0 radical (unpaired) electrons. The van der Waals surface area contributed by atoms with E-state index in [4.69, 9.17) is 14.3 Å². The monoisotopic (exact) mass is 493 g/mol. The van der Waals surface area contributed by atoms with E-state index in [2.05, 4.69) is 34.6 Å². The van der Waals surface area contributed by atoms with Crippen molar-refractivity contribution in [1.82, 2.24) is 20.8 Å². The average Bonchev–Trinajstić information content (AvgIpc) is 3.26. The lowest BCUT2D eigenvalue weighted by Crippen LogP contribution is -2.39. The molecule has 156 valence electrons. The molecule has 1 saturated carbocycles. The number of aliphatic imine (C=N–C) groups is 1. The second-order valence-electron chi connectivity index (χ2n) is 7.11. The van der Waals surface area contributed by atoms with Crippen molar-refractivity contribution >= 4 is 29.9 Å². The maximum Gasteiger partial charge on any atom is 0.226 e. The van der Waals surface area contributed by atoms with Gasteiger partial charge in [-0.3, -0.25) is 4.99 Å². The van der Waals surface area contributed by atoms with Crippen LogP contribution in [0.25, 0.3) is 0 Å². The molecule has 1 aliphatic carbocycles. The lowest BCUT2D eigenvalue weighted by molar-refractivity contribution is 0.107. The minimum Gasteiger partial charge on any atom is -0.382 e. The summed E-state index contributed by atoms with van der Waals surface area (Å²) in [5, 5.41) is 10.6. The zero-order valence-corrected chi connectivity index (χ0v) is 19.4. The van der Waals surface area contributed by atoms with Crippen LogP contribution in [-0.2, 0) is 11.2 Å². The highest BCUT2D eigenvalue weighted by Crippen LogP contribution is 2.41. The van der Waals surface area contributed by atoms with E-state index in [-0.39, 0.29) is 24.0 Å². The molecule has 0 atom stereocenters. The Morgan fingerprint density at radius 1 is 1.26 bits per heavy atom. The van der Waals surface area contributed by atoms with E-state index < -0.39 is 0 Å². The highest BCUT2D eigenvalue weighted by molar-refractivity contribution is 14.0. The molecule has 0 amide bonds. The topological polar surface area (TPSA) is 84.6 Å². The van der Waals surface area contributed by atoms with Crippen molar-refractivity contribution in [3.63, 3.8) is 0 Å². The molecule has 0 bridgehead atoms. The first kappa shape index (κ1) is 24.1. The fourth-order valence-corrected chi connectivity index (χ4v) is 3.52. The largest absolute Gasteiger partial charge is 0.382 e. The lowest BCUT2D eigenvalue weighted by atomic mass is 9.83. The number of nitrogens with zero attached hydrogens (tertiary/aromatic N) is 3. The van der Waals surface area contributed by atoms with Crippen LogP contribution in [0.1, 0.15) is 64.1 Å². The van der Waals surface area contributed by atoms with Gasteiger partial charge in [0, 0.05) is 39.3 Å². The second-order valence-corrected chi connectivity index (χ2v) is 7.11. The molecule has 7 nitrogen and oxygen atoms in total. The maximum atomic E-state index is 5.60. The standard InChI is InChI=1S/C19H35N5O2.HI/c1-4-20-18(21-13-8-9-17-23-16(3)24-26-17)22-15-19(10-6-7-11-19)12-14-25-5-2;/h4-15H2,1-3H3,(H2,20,21,22);1H. The van der Waals surface area contributed by atoms with Crippen LogP contribution in [0.4, 0.5) is 0 Å². The van der Waals surface area contributed by atoms with E-state index >= 15 is 0 Å². The molecule has 0 aliphatic heterocycles. The van der Waals surface area contributed by atoms with Gasteiger partial charge in [-0.15, -0.1) is 24.0 Å². The zero-order valence-electron chi connectivity index (χ0n) is 17.1. The van der Waals surface area contributed by atoms with Gasteiger partial charge in [0.15, 0.2) is 11.8 Å². The molecule has 1 aromatic rings. The van der Waals surface area contributed by atoms with E-state index in [1.807, 2.05) is 6.92 Å². The molecular formula is C19H36IN5O2. The Kier molecular flexibility index (Phi) is 11.9. The fourth-order valence-electron chi connectivity index (χ4n) is 3.52. The molecule has 0 saturated heterocycles. The van der Waals surface area contributed by atoms with Gasteiger partial charge in [-0.1, -0.05) is 18.0 Å². The van der Waals surface area contributed by atoms with Crippen LogP contribution in [0.2, 0.25) is 0 Å². The average molecular weight is 493 g/mol. The fraction of sp³-hybridized carbons (Fsp3) is 0.842. The van der Waals surface area contributed by atoms with Gasteiger partial charge in [-0.05, 0) is 51.9 Å². The van der Waals surface area contributed by atoms with Gasteiger partial charge in [0.25, 0.3) is 0 Å². The first-order chi connectivity index (χ1) is 12.7. The molecule has 0 spiro atoms. The highest BCUT2D eigenvalue weighted by atomic mass is 127. The smallest absolute Gasteiger partial charge is 0.226 e. The van der Waals surface area contributed by atoms with Crippen LogP contribution in [0.15, 0.2) is 9.52 Å². The van der Waals surface area contributed by atoms with Gasteiger partial charge in [0.1, 0.15) is 0 Å². The van der Waals surface area contributed by atoms with Gasteiger partial charge >= 0.3 is 0 Å². The summed E-state index contributed by atoms with van der Waals surface area (Å²) in [5.74, 6) is 2.29. The quantitative estimate of drug-likeness (QED) is 0.213. The van der Waals surface area contributed by atoms with Gasteiger partial charge in [-0.2, -0.15) is 4.98 Å². The van der Waals surface area contributed by atoms with Crippen LogP contribution in [0.3, 0.4) is 0 Å². The molecule has 1 heterocycles. The van der Waals surface area contributed by atoms with E-state index in [0.29, 0.717) is 17.1 Å². The summed E-state index contributed by atoms with van der Waals surface area (Å²) in [6.07, 6.45) is 7.98. The number of rotatable bonds is 11. The van der Waals surface area contributed by atoms with Crippen molar-refractivity contribution in [2.75, 3.05) is 32.8 Å². The summed E-state index contributed by atoms with van der Waals surface area (Å²) in [6.45, 7) is 10.2. The third-order valence-electron chi connectivity index (χ3n) is 4.99. The SMILES string of the molecule is CCNC(=NCC1(CCOCC)CCCC1)NCCCc1nc(C)no1.I. The van der Waals surface area contributed by atoms with Gasteiger partial charge in [0.2, 0.25) is 5.89 Å². The van der Waals surface area contributed by atoms with Crippen LogP contribution in [0.5, 0.6) is 0 Å². The Morgan fingerprint density at radius 2 is 2.04 bits per heavy atom. The summed E-state index contributed by atoms with van der Waals surface area (Å²) in [5.41, 5.74) is 0.318. The van der Waals surface area contributed by atoms with Crippen LogP contribution < -0.4 is 10.6 Å². The zero-order chi connectivity index (χ0) is 18.7. The van der Waals surface area contributed by atoms with Crippen molar-refractivity contribution in [3.8, 4) is 0 Å². The summed E-state index contributed by atoms with van der Waals surface area (Å²) in [7, 11) is 0. The Bertz CT molecular complexity index is 544. The van der Waals surface area contributed by atoms with Crippen molar-refractivity contribution in [2.45, 2.75) is 65.7 Å². The van der Waals surface area contributed by atoms with Crippen molar-refractivity contribution in [1.29, 1.82) is 0 Å². The second kappa shape index (κ2) is 13.3. The molecule has 8 heteroatoms. The van der Waals surface area contributed by atoms with Crippen molar-refractivity contribution in [3.05, 3.63) is 11.7 Å². The van der Waals surface area contributed by atoms with Crippen molar-refractivity contribution < 1.29 is 9.26 Å².